The smallest absolute Gasteiger partial charge is 0.303 e. The summed E-state index contributed by atoms with van der Waals surface area (Å²) < 4.78 is 38.4. The molecular formula is C31H40N4O4S. The molecule has 0 unspecified atom stereocenters. The lowest BCUT2D eigenvalue weighted by Crippen LogP contribution is -2.42. The molecule has 6 rings (SSSR count). The van der Waals surface area contributed by atoms with Gasteiger partial charge >= 0.3 is 10.2 Å². The standard InChI is InChI=1S/C31H40N4O4S/c1-33-16-8-17-34(2)40(37,38)32-31(36)24-13-14-25-27(19-24)35-20-22(15-18-33)21-39-28-12-7-6-11-26(28)30(35)29(25)23-9-4-3-5-10-23/h6-7,11-14,19,22-23H,3-5,8-10,15-18,20-21H2,1-2H3,(H,32,36)/t22-/m0/s1. The average molecular weight is 565 g/mol. The molecule has 0 saturated heterocycles. The third-order valence-electron chi connectivity index (χ3n) is 9.00. The molecule has 2 aliphatic heterocycles. The minimum absolute atomic E-state index is 0.290. The number of carbonyl (C=O) groups excluding carboxylic acids is 1. The van der Waals surface area contributed by atoms with Crippen molar-refractivity contribution >= 4 is 27.0 Å². The van der Waals surface area contributed by atoms with Gasteiger partial charge in [0.25, 0.3) is 5.91 Å². The molecule has 1 aromatic heterocycles. The van der Waals surface area contributed by atoms with Crippen LogP contribution in [0.15, 0.2) is 42.5 Å². The Bertz CT molecular complexity index is 1510. The maximum atomic E-state index is 13.3. The summed E-state index contributed by atoms with van der Waals surface area (Å²) in [5, 5.41) is 1.16. The van der Waals surface area contributed by atoms with Gasteiger partial charge in [-0.3, -0.25) is 4.79 Å². The molecule has 214 valence electrons. The first-order valence-corrected chi connectivity index (χ1v) is 16.1. The van der Waals surface area contributed by atoms with Crippen LogP contribution < -0.4 is 9.46 Å². The van der Waals surface area contributed by atoms with Gasteiger partial charge in [-0.15, -0.1) is 0 Å². The number of aromatic nitrogens is 1. The molecule has 3 heterocycles. The molecule has 40 heavy (non-hydrogen) atoms. The minimum Gasteiger partial charge on any atom is -0.493 e. The van der Waals surface area contributed by atoms with E-state index in [2.05, 4.69) is 39.4 Å². The summed E-state index contributed by atoms with van der Waals surface area (Å²) in [6, 6.07) is 14.1. The van der Waals surface area contributed by atoms with E-state index in [-0.39, 0.29) is 5.92 Å². The van der Waals surface area contributed by atoms with Crippen LogP contribution in [0.5, 0.6) is 5.75 Å². The van der Waals surface area contributed by atoms with E-state index in [0.717, 1.165) is 61.1 Å². The Morgan fingerprint density at radius 3 is 2.55 bits per heavy atom. The number of hydrogen-bond acceptors (Lipinski definition) is 5. The van der Waals surface area contributed by atoms with Gasteiger partial charge in [-0.1, -0.05) is 37.5 Å². The van der Waals surface area contributed by atoms with Crippen molar-refractivity contribution in [2.24, 2.45) is 5.92 Å². The van der Waals surface area contributed by atoms with Crippen LogP contribution in [0.25, 0.3) is 22.2 Å². The first kappa shape index (κ1) is 27.3. The summed E-state index contributed by atoms with van der Waals surface area (Å²) >= 11 is 0. The zero-order valence-electron chi connectivity index (χ0n) is 23.6. The highest BCUT2D eigenvalue weighted by atomic mass is 32.2. The fraction of sp³-hybridized carbons (Fsp3) is 0.516. The molecule has 3 aromatic rings. The van der Waals surface area contributed by atoms with Gasteiger partial charge < -0.3 is 14.2 Å². The van der Waals surface area contributed by atoms with E-state index < -0.39 is 16.1 Å². The molecule has 0 radical (unpaired) electrons. The monoisotopic (exact) mass is 564 g/mol. The van der Waals surface area contributed by atoms with E-state index in [9.17, 15) is 13.2 Å². The predicted molar refractivity (Wildman–Crippen MR) is 158 cm³/mol. The summed E-state index contributed by atoms with van der Waals surface area (Å²) in [6.07, 6.45) is 7.65. The van der Waals surface area contributed by atoms with Crippen LogP contribution in [0, 0.1) is 5.92 Å². The Kier molecular flexibility index (Phi) is 7.63. The molecule has 0 spiro atoms. The summed E-state index contributed by atoms with van der Waals surface area (Å²) in [4.78, 5) is 15.6. The van der Waals surface area contributed by atoms with Crippen LogP contribution in [0.1, 0.15) is 66.8 Å². The van der Waals surface area contributed by atoms with Crippen LogP contribution >= 0.6 is 0 Å². The Balaban J connectivity index is 1.56. The highest BCUT2D eigenvalue weighted by Crippen LogP contribution is 2.47. The molecule has 1 amide bonds. The number of benzene rings is 2. The van der Waals surface area contributed by atoms with Crippen LogP contribution in [0.4, 0.5) is 0 Å². The van der Waals surface area contributed by atoms with Gasteiger partial charge in [0.05, 0.1) is 12.3 Å². The summed E-state index contributed by atoms with van der Waals surface area (Å²) in [6.45, 7) is 3.43. The average Bonchev–Trinajstić information content (AvgIpc) is 3.25. The number of ether oxygens (including phenoxy) is 1. The van der Waals surface area contributed by atoms with Gasteiger partial charge in [0, 0.05) is 48.1 Å². The number of nitrogens with one attached hydrogen (secondary N) is 1. The molecule has 1 fully saturated rings. The molecule has 1 N–H and O–H groups in total. The van der Waals surface area contributed by atoms with Crippen molar-refractivity contribution in [1.29, 1.82) is 0 Å². The number of carbonyl (C=O) groups is 1. The third-order valence-corrected chi connectivity index (χ3v) is 10.4. The fourth-order valence-corrected chi connectivity index (χ4v) is 7.61. The van der Waals surface area contributed by atoms with E-state index in [1.54, 1.807) is 6.07 Å². The fourth-order valence-electron chi connectivity index (χ4n) is 6.74. The largest absolute Gasteiger partial charge is 0.493 e. The summed E-state index contributed by atoms with van der Waals surface area (Å²) in [7, 11) is -0.337. The first-order chi connectivity index (χ1) is 19.3. The van der Waals surface area contributed by atoms with Crippen molar-refractivity contribution in [1.82, 2.24) is 18.5 Å². The lowest BCUT2D eigenvalue weighted by Gasteiger charge is -2.29. The van der Waals surface area contributed by atoms with Gasteiger partial charge in [-0.05, 0) is 81.6 Å². The van der Waals surface area contributed by atoms with Crippen molar-refractivity contribution in [3.05, 3.63) is 53.6 Å². The molecule has 9 heteroatoms. The first-order valence-electron chi connectivity index (χ1n) is 14.7. The number of amides is 1. The topological polar surface area (TPSA) is 83.9 Å². The number of hydrogen-bond donors (Lipinski definition) is 1. The number of fused-ring (bicyclic) bond motifs is 4. The highest BCUT2D eigenvalue weighted by Gasteiger charge is 2.31. The van der Waals surface area contributed by atoms with Crippen molar-refractivity contribution in [3.8, 4) is 17.0 Å². The molecule has 2 aromatic carbocycles. The Hall–Kier alpha value is -2.88. The molecule has 3 aliphatic rings. The highest BCUT2D eigenvalue weighted by molar-refractivity contribution is 7.87. The van der Waals surface area contributed by atoms with Crippen molar-refractivity contribution < 1.29 is 17.9 Å². The second kappa shape index (κ2) is 11.2. The Morgan fingerprint density at radius 1 is 0.925 bits per heavy atom. The van der Waals surface area contributed by atoms with Gasteiger partial charge in [-0.25, -0.2) is 4.72 Å². The summed E-state index contributed by atoms with van der Waals surface area (Å²) in [5.41, 5.74) is 4.99. The lowest BCUT2D eigenvalue weighted by molar-refractivity contribution is 0.0979. The van der Waals surface area contributed by atoms with Crippen molar-refractivity contribution in [3.63, 3.8) is 0 Å². The molecule has 4 bridgehead atoms. The zero-order valence-corrected chi connectivity index (χ0v) is 24.4. The SMILES string of the molecule is CN1CCCN(C)S(=O)(=O)NC(=O)c2ccc3c(C4CCCCC4)c4n(c3c2)C[C@H](CC1)COc1ccccc1-4. The maximum absolute atomic E-state index is 13.3. The number of nitrogens with zero attached hydrogens (tertiary/aromatic N) is 3. The normalized spacial score (nSPS) is 23.4. The van der Waals surface area contributed by atoms with Crippen LogP contribution in [-0.4, -0.2) is 68.4 Å². The predicted octanol–water partition coefficient (Wildman–Crippen LogP) is 5.00. The quantitative estimate of drug-likeness (QED) is 0.450. The van der Waals surface area contributed by atoms with E-state index in [4.69, 9.17) is 4.74 Å². The molecular weight excluding hydrogens is 524 g/mol. The van der Waals surface area contributed by atoms with E-state index in [1.165, 1.54) is 41.9 Å². The zero-order chi connectivity index (χ0) is 27.9. The van der Waals surface area contributed by atoms with Crippen LogP contribution in [0.2, 0.25) is 0 Å². The van der Waals surface area contributed by atoms with E-state index >= 15 is 0 Å². The van der Waals surface area contributed by atoms with Crippen LogP contribution in [0.3, 0.4) is 0 Å². The van der Waals surface area contributed by atoms with Gasteiger partial charge in [0.15, 0.2) is 0 Å². The number of rotatable bonds is 1. The second-order valence-electron chi connectivity index (χ2n) is 11.8. The molecule has 1 saturated carbocycles. The Morgan fingerprint density at radius 2 is 1.73 bits per heavy atom. The minimum atomic E-state index is -3.94. The second-order valence-corrected chi connectivity index (χ2v) is 13.6. The van der Waals surface area contributed by atoms with Crippen molar-refractivity contribution in [2.75, 3.05) is 40.3 Å². The number of para-hydroxylation sites is 1. The Labute approximate surface area is 237 Å². The van der Waals surface area contributed by atoms with Crippen molar-refractivity contribution in [2.45, 2.75) is 57.4 Å². The molecule has 1 atom stereocenters. The van der Waals surface area contributed by atoms with E-state index in [0.29, 0.717) is 31.1 Å². The lowest BCUT2D eigenvalue weighted by atomic mass is 9.81. The van der Waals surface area contributed by atoms with Gasteiger partial charge in [0.2, 0.25) is 0 Å². The third kappa shape index (κ3) is 5.27. The summed E-state index contributed by atoms with van der Waals surface area (Å²) in [5.74, 6) is 1.03. The van der Waals surface area contributed by atoms with E-state index in [1.807, 2.05) is 18.2 Å². The maximum Gasteiger partial charge on any atom is 0.303 e. The van der Waals surface area contributed by atoms with Crippen LogP contribution in [-0.2, 0) is 16.8 Å². The molecule has 1 aliphatic carbocycles. The van der Waals surface area contributed by atoms with Gasteiger partial charge in [-0.2, -0.15) is 12.7 Å². The van der Waals surface area contributed by atoms with Gasteiger partial charge in [0.1, 0.15) is 5.75 Å². The molecule has 8 nitrogen and oxygen atoms in total.